The van der Waals surface area contributed by atoms with E-state index >= 15 is 0 Å². The molecule has 156 valence electrons. The van der Waals surface area contributed by atoms with E-state index in [1.807, 2.05) is 48.5 Å². The highest BCUT2D eigenvalue weighted by Gasteiger charge is 2.25. The summed E-state index contributed by atoms with van der Waals surface area (Å²) in [6.45, 7) is 2.45. The van der Waals surface area contributed by atoms with Crippen LogP contribution in [-0.2, 0) is 17.8 Å². The van der Waals surface area contributed by atoms with E-state index in [1.165, 1.54) is 6.92 Å². The first-order valence-corrected chi connectivity index (χ1v) is 10.2. The van der Waals surface area contributed by atoms with Gasteiger partial charge in [0.1, 0.15) is 0 Å². The summed E-state index contributed by atoms with van der Waals surface area (Å²) >= 11 is 0. The van der Waals surface area contributed by atoms with Gasteiger partial charge in [-0.3, -0.25) is 14.4 Å². The zero-order chi connectivity index (χ0) is 21.8. The minimum absolute atomic E-state index is 0.000505. The molecule has 31 heavy (non-hydrogen) atoms. The Balaban J connectivity index is 1.42. The van der Waals surface area contributed by atoms with Crippen molar-refractivity contribution in [1.29, 1.82) is 0 Å². The number of nitrogens with one attached hydrogen (secondary N) is 2. The lowest BCUT2D eigenvalue weighted by Gasteiger charge is -2.17. The van der Waals surface area contributed by atoms with E-state index in [4.69, 9.17) is 0 Å². The van der Waals surface area contributed by atoms with E-state index in [-0.39, 0.29) is 17.7 Å². The molecule has 1 aliphatic heterocycles. The lowest BCUT2D eigenvalue weighted by atomic mass is 10.1. The monoisotopic (exact) mass is 413 g/mol. The largest absolute Gasteiger partial charge is 0.348 e. The smallest absolute Gasteiger partial charge is 0.258 e. The fraction of sp³-hybridized carbons (Fsp3) is 0.160. The highest BCUT2D eigenvalue weighted by atomic mass is 16.2. The second-order valence-electron chi connectivity index (χ2n) is 7.48. The van der Waals surface area contributed by atoms with Crippen LogP contribution >= 0.6 is 0 Å². The van der Waals surface area contributed by atoms with Gasteiger partial charge in [-0.05, 0) is 53.9 Å². The zero-order valence-corrected chi connectivity index (χ0v) is 17.2. The van der Waals surface area contributed by atoms with E-state index in [9.17, 15) is 14.4 Å². The Morgan fingerprint density at radius 3 is 2.45 bits per heavy atom. The number of nitrogens with zero attached hydrogens (tertiary/aromatic N) is 1. The Hall–Kier alpha value is -3.93. The van der Waals surface area contributed by atoms with Crippen LogP contribution in [0.2, 0.25) is 0 Å². The Morgan fingerprint density at radius 2 is 1.68 bits per heavy atom. The minimum Gasteiger partial charge on any atom is -0.348 e. The normalized spacial score (nSPS) is 12.2. The van der Waals surface area contributed by atoms with Crippen molar-refractivity contribution in [2.75, 3.05) is 16.8 Å². The molecule has 0 aliphatic carbocycles. The Morgan fingerprint density at radius 1 is 0.903 bits per heavy atom. The lowest BCUT2D eigenvalue weighted by molar-refractivity contribution is -0.114. The Labute approximate surface area is 180 Å². The molecule has 4 rings (SSSR count). The van der Waals surface area contributed by atoms with Crippen LogP contribution in [0.5, 0.6) is 0 Å². The maximum absolute atomic E-state index is 12.8. The fourth-order valence-corrected chi connectivity index (χ4v) is 3.74. The van der Waals surface area contributed by atoms with Crippen LogP contribution in [-0.4, -0.2) is 24.3 Å². The van der Waals surface area contributed by atoms with Gasteiger partial charge in [-0.2, -0.15) is 0 Å². The van der Waals surface area contributed by atoms with Gasteiger partial charge in [0.05, 0.1) is 0 Å². The number of hydrogen-bond donors (Lipinski definition) is 2. The molecule has 0 spiro atoms. The standard InChI is InChI=1S/C25H23N3O3/c1-17(29)27-22-9-5-8-21(15-22)24(30)26-16-18-10-11-23-20(14-18)12-13-28(23)25(31)19-6-3-2-4-7-19/h2-11,14-15H,12-13,16H2,1H3,(H,26,30)(H,27,29). The maximum Gasteiger partial charge on any atom is 0.258 e. The number of anilines is 2. The van der Waals surface area contributed by atoms with Crippen LogP contribution in [0.15, 0.2) is 72.8 Å². The van der Waals surface area contributed by atoms with Crippen LogP contribution in [0.1, 0.15) is 38.8 Å². The molecule has 0 radical (unpaired) electrons. The second kappa shape index (κ2) is 8.83. The number of benzene rings is 3. The number of fused-ring (bicyclic) bond motifs is 1. The first kappa shape index (κ1) is 20.3. The maximum atomic E-state index is 12.8. The van der Waals surface area contributed by atoms with Crippen molar-refractivity contribution >= 4 is 29.1 Å². The van der Waals surface area contributed by atoms with E-state index in [0.717, 1.165) is 23.2 Å². The highest BCUT2D eigenvalue weighted by molar-refractivity contribution is 6.07. The van der Waals surface area contributed by atoms with Gasteiger partial charge >= 0.3 is 0 Å². The van der Waals surface area contributed by atoms with E-state index in [2.05, 4.69) is 10.6 Å². The molecule has 1 heterocycles. The summed E-state index contributed by atoms with van der Waals surface area (Å²) in [6, 6.07) is 22.0. The first-order valence-electron chi connectivity index (χ1n) is 10.2. The predicted molar refractivity (Wildman–Crippen MR) is 120 cm³/mol. The molecule has 0 unspecified atom stereocenters. The molecule has 3 aromatic rings. The van der Waals surface area contributed by atoms with Gasteiger partial charge in [-0.25, -0.2) is 0 Å². The molecule has 0 fully saturated rings. The zero-order valence-electron chi connectivity index (χ0n) is 17.2. The third kappa shape index (κ3) is 4.64. The molecule has 6 heteroatoms. The lowest BCUT2D eigenvalue weighted by Crippen LogP contribution is -2.28. The van der Waals surface area contributed by atoms with Crippen molar-refractivity contribution in [3.8, 4) is 0 Å². The fourth-order valence-electron chi connectivity index (χ4n) is 3.74. The van der Waals surface area contributed by atoms with E-state index in [1.54, 1.807) is 29.2 Å². The molecule has 0 bridgehead atoms. The van der Waals surface area contributed by atoms with Crippen LogP contribution in [0.25, 0.3) is 0 Å². The summed E-state index contributed by atoms with van der Waals surface area (Å²) < 4.78 is 0. The Bertz CT molecular complexity index is 1140. The first-order chi connectivity index (χ1) is 15.0. The molecule has 0 saturated carbocycles. The topological polar surface area (TPSA) is 78.5 Å². The number of amides is 3. The quantitative estimate of drug-likeness (QED) is 0.668. The molecular formula is C25H23N3O3. The average Bonchev–Trinajstić information content (AvgIpc) is 3.20. The summed E-state index contributed by atoms with van der Waals surface area (Å²) in [6.07, 6.45) is 0.786. The third-order valence-corrected chi connectivity index (χ3v) is 5.20. The van der Waals surface area contributed by atoms with Crippen LogP contribution in [0.3, 0.4) is 0 Å². The van der Waals surface area contributed by atoms with Crippen molar-refractivity contribution in [1.82, 2.24) is 5.32 Å². The van der Waals surface area contributed by atoms with Crippen LogP contribution in [0.4, 0.5) is 11.4 Å². The molecule has 0 atom stereocenters. The summed E-state index contributed by atoms with van der Waals surface area (Å²) in [5.74, 6) is -0.400. The van der Waals surface area contributed by atoms with E-state index < -0.39 is 0 Å². The molecular weight excluding hydrogens is 390 g/mol. The summed E-state index contributed by atoms with van der Waals surface area (Å²) in [7, 11) is 0. The van der Waals surface area contributed by atoms with Crippen LogP contribution < -0.4 is 15.5 Å². The van der Waals surface area contributed by atoms with Gasteiger partial charge in [-0.15, -0.1) is 0 Å². The van der Waals surface area contributed by atoms with Gasteiger partial charge in [0, 0.05) is 42.5 Å². The second-order valence-corrected chi connectivity index (χ2v) is 7.48. The van der Waals surface area contributed by atoms with Gasteiger partial charge in [0.25, 0.3) is 11.8 Å². The third-order valence-electron chi connectivity index (χ3n) is 5.20. The molecule has 6 nitrogen and oxygen atoms in total. The summed E-state index contributed by atoms with van der Waals surface area (Å²) in [5.41, 5.74) is 4.73. The van der Waals surface area contributed by atoms with Crippen molar-refractivity contribution < 1.29 is 14.4 Å². The summed E-state index contributed by atoms with van der Waals surface area (Å²) in [5, 5.41) is 5.59. The van der Waals surface area contributed by atoms with Crippen molar-refractivity contribution in [3.05, 3.63) is 95.1 Å². The van der Waals surface area contributed by atoms with Gasteiger partial charge in [0.2, 0.25) is 5.91 Å². The van der Waals surface area contributed by atoms with Crippen LogP contribution in [0, 0.1) is 0 Å². The van der Waals surface area contributed by atoms with Crippen molar-refractivity contribution in [2.24, 2.45) is 0 Å². The van der Waals surface area contributed by atoms with Crippen molar-refractivity contribution in [3.63, 3.8) is 0 Å². The molecule has 0 aromatic heterocycles. The minimum atomic E-state index is -0.214. The van der Waals surface area contributed by atoms with Crippen molar-refractivity contribution in [2.45, 2.75) is 19.9 Å². The SMILES string of the molecule is CC(=O)Nc1cccc(C(=O)NCc2ccc3c(c2)CCN3C(=O)c2ccccc2)c1. The predicted octanol–water partition coefficient (Wildman–Crippen LogP) is 3.78. The number of carbonyl (C=O) groups excluding carboxylic acids is 3. The number of carbonyl (C=O) groups is 3. The summed E-state index contributed by atoms with van der Waals surface area (Å²) in [4.78, 5) is 38.3. The molecule has 3 amide bonds. The molecule has 2 N–H and O–H groups in total. The average molecular weight is 413 g/mol. The molecule has 3 aromatic carbocycles. The number of rotatable bonds is 5. The van der Waals surface area contributed by atoms with Gasteiger partial charge < -0.3 is 15.5 Å². The Kier molecular flexibility index (Phi) is 5.80. The van der Waals surface area contributed by atoms with Gasteiger partial charge in [-0.1, -0.05) is 36.4 Å². The highest BCUT2D eigenvalue weighted by Crippen LogP contribution is 2.30. The molecule has 0 saturated heterocycles. The molecule has 1 aliphatic rings. The van der Waals surface area contributed by atoms with Gasteiger partial charge in [0.15, 0.2) is 0 Å². The van der Waals surface area contributed by atoms with E-state index in [0.29, 0.717) is 29.9 Å². The number of hydrogen-bond acceptors (Lipinski definition) is 3.